The van der Waals surface area contributed by atoms with Gasteiger partial charge in [-0.2, -0.15) is 0 Å². The lowest BCUT2D eigenvalue weighted by atomic mass is 10.1. The molecule has 49 heavy (non-hydrogen) atoms. The highest BCUT2D eigenvalue weighted by atomic mass is 35.5. The lowest BCUT2D eigenvalue weighted by molar-refractivity contribution is 0.0686. The Kier molecular flexibility index (Phi) is 11.8. The Hall–Kier alpha value is -5.43. The molecular weight excluding hydrogens is 684 g/mol. The van der Waals surface area contributed by atoms with E-state index >= 15 is 0 Å². The van der Waals surface area contributed by atoms with Crippen LogP contribution >= 0.6 is 35.1 Å². The molecular formula is C36H27ClN4O6S2. The van der Waals surface area contributed by atoms with E-state index < -0.39 is 17.5 Å². The number of rotatable bonds is 10. The Morgan fingerprint density at radius 3 is 1.67 bits per heavy atom. The highest BCUT2D eigenvalue weighted by Gasteiger charge is 2.13. The van der Waals surface area contributed by atoms with E-state index in [0.717, 1.165) is 22.3 Å². The van der Waals surface area contributed by atoms with Crippen molar-refractivity contribution >= 4 is 47.1 Å². The fraction of sp³-hybridized carbons (Fsp3) is 0.0556. The molecule has 0 amide bonds. The predicted molar refractivity (Wildman–Crippen MR) is 192 cm³/mol. The summed E-state index contributed by atoms with van der Waals surface area (Å²) >= 11 is 8.76. The van der Waals surface area contributed by atoms with Gasteiger partial charge in [0, 0.05) is 28.7 Å². The molecule has 246 valence electrons. The Balaban J connectivity index is 0.000000191. The second-order valence-corrected chi connectivity index (χ2v) is 12.6. The molecule has 0 aliphatic heterocycles. The minimum absolute atomic E-state index is 0.0448. The van der Waals surface area contributed by atoms with Gasteiger partial charge in [0.25, 0.3) is 11.1 Å². The molecule has 2 heterocycles. The van der Waals surface area contributed by atoms with E-state index in [4.69, 9.17) is 21.8 Å². The summed E-state index contributed by atoms with van der Waals surface area (Å²) in [5, 5.41) is 19.0. The Bertz CT molecular complexity index is 2210. The number of nitrogens with zero attached hydrogens (tertiary/aromatic N) is 2. The maximum absolute atomic E-state index is 12.1. The number of carboxylic acid groups (broad SMARTS) is 2. The average molecular weight is 711 g/mol. The largest absolute Gasteiger partial charge is 0.478 e. The average Bonchev–Trinajstić information content (AvgIpc) is 3.12. The maximum Gasteiger partial charge on any atom is 0.335 e. The molecule has 13 heteroatoms. The second-order valence-electron chi connectivity index (χ2n) is 10.3. The number of carboxylic acids is 2. The number of benzene rings is 4. The van der Waals surface area contributed by atoms with Crippen molar-refractivity contribution in [3.05, 3.63) is 163 Å². The van der Waals surface area contributed by atoms with Crippen LogP contribution < -0.4 is 11.1 Å². The van der Waals surface area contributed by atoms with Crippen LogP contribution in [0.25, 0.3) is 22.5 Å². The van der Waals surface area contributed by atoms with Crippen LogP contribution in [0.3, 0.4) is 0 Å². The molecule has 0 fully saturated rings. The van der Waals surface area contributed by atoms with Gasteiger partial charge in [-0.15, -0.1) is 0 Å². The molecule has 10 nitrogen and oxygen atoms in total. The number of aromatic amines is 2. The first-order valence-electron chi connectivity index (χ1n) is 14.6. The summed E-state index contributed by atoms with van der Waals surface area (Å²) in [6.45, 7) is 0. The lowest BCUT2D eigenvalue weighted by Crippen LogP contribution is -2.11. The number of aromatic carboxylic acids is 2. The standard InChI is InChI=1S/C18H13ClN2O3S.C18H14N2O3S/c19-14-15(12-6-2-1-3-7-12)20-18(21-16(14)22)25-10-11-5-4-8-13(9-11)17(23)24;21-16-10-15(13-6-2-1-3-7-13)19-18(20-16)24-11-12-5-4-8-14(9-12)17(22)23/h1-9H,10H2,(H,23,24)(H,20,21,22);1-10H,11H2,(H,22,23)(H,19,20,21). The van der Waals surface area contributed by atoms with Crippen LogP contribution in [0.4, 0.5) is 0 Å². The van der Waals surface area contributed by atoms with Gasteiger partial charge in [0.05, 0.1) is 22.5 Å². The summed E-state index contributed by atoms with van der Waals surface area (Å²) < 4.78 is 0. The van der Waals surface area contributed by atoms with Crippen LogP contribution in [0, 0.1) is 0 Å². The summed E-state index contributed by atoms with van der Waals surface area (Å²) in [4.78, 5) is 60.2. The zero-order valence-electron chi connectivity index (χ0n) is 25.5. The van der Waals surface area contributed by atoms with Gasteiger partial charge in [-0.3, -0.25) is 9.59 Å². The summed E-state index contributed by atoms with van der Waals surface area (Å²) in [5.74, 6) is -0.946. The fourth-order valence-electron chi connectivity index (χ4n) is 4.45. The SMILES string of the molecule is O=C(O)c1cccc(CSc2nc(-c3ccccc3)c(Cl)c(=O)[nH]2)c1.O=C(O)c1cccc(CSc2nc(-c3ccccc3)cc(=O)[nH]2)c1. The molecule has 2 aromatic heterocycles. The van der Waals surface area contributed by atoms with Crippen LogP contribution in [-0.2, 0) is 11.5 Å². The third-order valence-electron chi connectivity index (χ3n) is 6.78. The van der Waals surface area contributed by atoms with E-state index in [9.17, 15) is 19.2 Å². The topological polar surface area (TPSA) is 166 Å². The highest BCUT2D eigenvalue weighted by Crippen LogP contribution is 2.27. The minimum atomic E-state index is -0.976. The number of hydrogen-bond acceptors (Lipinski definition) is 8. The van der Waals surface area contributed by atoms with E-state index in [1.165, 1.54) is 35.7 Å². The molecule has 0 saturated heterocycles. The van der Waals surface area contributed by atoms with Gasteiger partial charge in [-0.1, -0.05) is 120 Å². The van der Waals surface area contributed by atoms with Gasteiger partial charge in [0.15, 0.2) is 10.3 Å². The first-order valence-corrected chi connectivity index (χ1v) is 16.9. The molecule has 6 rings (SSSR count). The maximum atomic E-state index is 12.1. The monoisotopic (exact) mass is 710 g/mol. The van der Waals surface area contributed by atoms with Gasteiger partial charge in [-0.05, 0) is 35.4 Å². The van der Waals surface area contributed by atoms with Crippen molar-refractivity contribution in [2.75, 3.05) is 0 Å². The van der Waals surface area contributed by atoms with Crippen molar-refractivity contribution in [1.29, 1.82) is 0 Å². The van der Waals surface area contributed by atoms with Crippen molar-refractivity contribution in [1.82, 2.24) is 19.9 Å². The minimum Gasteiger partial charge on any atom is -0.478 e. The van der Waals surface area contributed by atoms with Crippen LogP contribution in [0.1, 0.15) is 31.8 Å². The van der Waals surface area contributed by atoms with Crippen LogP contribution in [0.15, 0.2) is 135 Å². The molecule has 4 aromatic carbocycles. The quantitative estimate of drug-likeness (QED) is 0.0825. The number of nitrogens with one attached hydrogen (secondary N) is 2. The number of hydrogen-bond donors (Lipinski definition) is 4. The third kappa shape index (κ3) is 9.80. The molecule has 0 spiro atoms. The van der Waals surface area contributed by atoms with Gasteiger partial charge < -0.3 is 20.2 Å². The number of thioether (sulfide) groups is 2. The van der Waals surface area contributed by atoms with Crippen molar-refractivity contribution in [2.45, 2.75) is 21.8 Å². The van der Waals surface area contributed by atoms with Gasteiger partial charge >= 0.3 is 11.9 Å². The van der Waals surface area contributed by atoms with Gasteiger partial charge in [0.1, 0.15) is 5.02 Å². The normalized spacial score (nSPS) is 10.6. The number of aromatic nitrogens is 4. The molecule has 6 aromatic rings. The molecule has 0 saturated carbocycles. The molecule has 4 N–H and O–H groups in total. The van der Waals surface area contributed by atoms with E-state index in [1.807, 2.05) is 72.8 Å². The smallest absolute Gasteiger partial charge is 0.335 e. The molecule has 0 bridgehead atoms. The second kappa shape index (κ2) is 16.6. The molecule has 0 aliphatic rings. The summed E-state index contributed by atoms with van der Waals surface area (Å²) in [7, 11) is 0. The summed E-state index contributed by atoms with van der Waals surface area (Å²) in [6, 6.07) is 33.5. The van der Waals surface area contributed by atoms with E-state index in [0.29, 0.717) is 33.2 Å². The first kappa shape index (κ1) is 34.9. The van der Waals surface area contributed by atoms with Crippen molar-refractivity contribution in [2.24, 2.45) is 0 Å². The highest BCUT2D eigenvalue weighted by molar-refractivity contribution is 7.98. The zero-order chi connectivity index (χ0) is 34.8. The fourth-order valence-corrected chi connectivity index (χ4v) is 6.27. The van der Waals surface area contributed by atoms with E-state index in [2.05, 4.69) is 19.9 Å². The lowest BCUT2D eigenvalue weighted by Gasteiger charge is -2.07. The van der Waals surface area contributed by atoms with Crippen LogP contribution in [-0.4, -0.2) is 42.1 Å². The molecule has 0 radical (unpaired) electrons. The van der Waals surface area contributed by atoms with Crippen molar-refractivity contribution in [3.8, 4) is 22.5 Å². The Morgan fingerprint density at radius 2 is 1.14 bits per heavy atom. The molecule has 0 aliphatic carbocycles. The van der Waals surface area contributed by atoms with Crippen LogP contribution in [0.5, 0.6) is 0 Å². The van der Waals surface area contributed by atoms with Crippen LogP contribution in [0.2, 0.25) is 5.02 Å². The molecule has 0 atom stereocenters. The van der Waals surface area contributed by atoms with Gasteiger partial charge in [-0.25, -0.2) is 19.6 Å². The predicted octanol–water partition coefficient (Wildman–Crippen LogP) is 7.51. The zero-order valence-corrected chi connectivity index (χ0v) is 27.9. The van der Waals surface area contributed by atoms with Gasteiger partial charge in [0.2, 0.25) is 0 Å². The Morgan fingerprint density at radius 1 is 0.633 bits per heavy atom. The summed E-state index contributed by atoms with van der Waals surface area (Å²) in [5.41, 5.74) is 4.19. The Labute approximate surface area is 293 Å². The van der Waals surface area contributed by atoms with E-state index in [-0.39, 0.29) is 21.7 Å². The molecule has 0 unspecified atom stereocenters. The summed E-state index contributed by atoms with van der Waals surface area (Å²) in [6.07, 6.45) is 0. The van der Waals surface area contributed by atoms with Crippen molar-refractivity contribution < 1.29 is 19.8 Å². The number of halogens is 1. The third-order valence-corrected chi connectivity index (χ3v) is 9.02. The van der Waals surface area contributed by atoms with E-state index in [1.54, 1.807) is 30.3 Å². The van der Waals surface area contributed by atoms with Crippen molar-refractivity contribution in [3.63, 3.8) is 0 Å². The first-order chi connectivity index (χ1) is 23.7. The number of H-pyrrole nitrogens is 2. The number of carbonyl (C=O) groups is 2.